The topological polar surface area (TPSA) is 72.2 Å². The van der Waals surface area contributed by atoms with Crippen LogP contribution in [0.5, 0.6) is 0 Å². The summed E-state index contributed by atoms with van der Waals surface area (Å²) in [5, 5.41) is 8.48. The number of nitrogens with two attached hydrogens (primary N) is 1. The molecule has 0 heterocycles. The van der Waals surface area contributed by atoms with Gasteiger partial charge < -0.3 is 5.32 Å². The van der Waals surface area contributed by atoms with E-state index < -0.39 is 10.0 Å². The van der Waals surface area contributed by atoms with Gasteiger partial charge in [-0.2, -0.15) is 0 Å². The molecule has 0 fully saturated rings. The molecule has 106 valence electrons. The Hall–Kier alpha value is -1.85. The summed E-state index contributed by atoms with van der Waals surface area (Å²) < 4.78 is 22.7. The van der Waals surface area contributed by atoms with Gasteiger partial charge in [0.25, 0.3) is 0 Å². The standard InChI is InChI=1S/C15H18N2O2S/c1-11-6-8-14(9-7-11)17-12(2)13-4-3-5-15(10-13)20(16,18)19/h3-10,12,17H,1-2H3,(H2,16,18,19). The lowest BCUT2D eigenvalue weighted by atomic mass is 10.1. The zero-order chi connectivity index (χ0) is 14.8. The molecule has 0 aliphatic heterocycles. The van der Waals surface area contributed by atoms with Crippen molar-refractivity contribution in [3.05, 3.63) is 59.7 Å². The molecule has 2 aromatic rings. The van der Waals surface area contributed by atoms with Gasteiger partial charge in [0.2, 0.25) is 10.0 Å². The highest BCUT2D eigenvalue weighted by molar-refractivity contribution is 7.89. The molecular formula is C15H18N2O2S. The Morgan fingerprint density at radius 1 is 1.10 bits per heavy atom. The maximum Gasteiger partial charge on any atom is 0.238 e. The van der Waals surface area contributed by atoms with E-state index in [1.54, 1.807) is 12.1 Å². The van der Waals surface area contributed by atoms with E-state index in [-0.39, 0.29) is 10.9 Å². The normalized spacial score (nSPS) is 12.9. The van der Waals surface area contributed by atoms with Gasteiger partial charge >= 0.3 is 0 Å². The second-order valence-electron chi connectivity index (χ2n) is 4.85. The molecule has 0 saturated heterocycles. The summed E-state index contributed by atoms with van der Waals surface area (Å²) in [5.74, 6) is 0. The molecule has 2 aromatic carbocycles. The summed E-state index contributed by atoms with van der Waals surface area (Å²) in [4.78, 5) is 0.132. The van der Waals surface area contributed by atoms with Crippen LogP contribution in [0.1, 0.15) is 24.1 Å². The fourth-order valence-corrected chi connectivity index (χ4v) is 2.51. The number of sulfonamides is 1. The maximum atomic E-state index is 11.4. The molecule has 1 atom stereocenters. The van der Waals surface area contributed by atoms with E-state index in [1.165, 1.54) is 11.6 Å². The van der Waals surface area contributed by atoms with E-state index in [9.17, 15) is 8.42 Å². The maximum absolute atomic E-state index is 11.4. The van der Waals surface area contributed by atoms with Crippen molar-refractivity contribution in [2.24, 2.45) is 5.14 Å². The van der Waals surface area contributed by atoms with Crippen molar-refractivity contribution in [3.8, 4) is 0 Å². The molecule has 0 amide bonds. The number of primary sulfonamides is 1. The Labute approximate surface area is 119 Å². The van der Waals surface area contributed by atoms with Crippen LogP contribution in [0.3, 0.4) is 0 Å². The lowest BCUT2D eigenvalue weighted by Crippen LogP contribution is -2.13. The molecule has 5 heteroatoms. The molecule has 0 spiro atoms. The van der Waals surface area contributed by atoms with E-state index in [0.29, 0.717) is 0 Å². The van der Waals surface area contributed by atoms with E-state index in [1.807, 2.05) is 44.2 Å². The van der Waals surface area contributed by atoms with Crippen LogP contribution in [0.25, 0.3) is 0 Å². The minimum atomic E-state index is -3.67. The van der Waals surface area contributed by atoms with Gasteiger partial charge in [0.1, 0.15) is 0 Å². The SMILES string of the molecule is Cc1ccc(NC(C)c2cccc(S(N)(=O)=O)c2)cc1. The minimum absolute atomic E-state index is 0.0144. The van der Waals surface area contributed by atoms with Crippen LogP contribution in [0.15, 0.2) is 53.4 Å². The molecule has 0 bridgehead atoms. The molecular weight excluding hydrogens is 272 g/mol. The van der Waals surface area contributed by atoms with Gasteiger partial charge in [-0.1, -0.05) is 29.8 Å². The summed E-state index contributed by atoms with van der Waals surface area (Å²) in [6.07, 6.45) is 0. The van der Waals surface area contributed by atoms with Gasteiger partial charge in [-0.05, 0) is 43.7 Å². The Kier molecular flexibility index (Phi) is 4.11. The largest absolute Gasteiger partial charge is 0.379 e. The average molecular weight is 290 g/mol. The van der Waals surface area contributed by atoms with Crippen molar-refractivity contribution in [1.29, 1.82) is 0 Å². The average Bonchev–Trinajstić information content (AvgIpc) is 2.40. The van der Waals surface area contributed by atoms with Gasteiger partial charge in [-0.3, -0.25) is 0 Å². The fourth-order valence-electron chi connectivity index (χ4n) is 1.94. The first kappa shape index (κ1) is 14.6. The van der Waals surface area contributed by atoms with Crippen LogP contribution in [0.4, 0.5) is 5.69 Å². The van der Waals surface area contributed by atoms with Crippen molar-refractivity contribution in [2.45, 2.75) is 24.8 Å². The van der Waals surface area contributed by atoms with E-state index >= 15 is 0 Å². The van der Waals surface area contributed by atoms with Crippen molar-refractivity contribution in [3.63, 3.8) is 0 Å². The van der Waals surface area contributed by atoms with E-state index in [0.717, 1.165) is 11.3 Å². The quantitative estimate of drug-likeness (QED) is 0.909. The van der Waals surface area contributed by atoms with Crippen LogP contribution in [-0.2, 0) is 10.0 Å². The smallest absolute Gasteiger partial charge is 0.238 e. The van der Waals surface area contributed by atoms with Gasteiger partial charge in [-0.15, -0.1) is 0 Å². The predicted molar refractivity (Wildman–Crippen MR) is 81.0 cm³/mol. The third-order valence-corrected chi connectivity index (χ3v) is 4.03. The van der Waals surface area contributed by atoms with E-state index in [4.69, 9.17) is 5.14 Å². The lowest BCUT2D eigenvalue weighted by Gasteiger charge is -2.16. The van der Waals surface area contributed by atoms with Crippen molar-refractivity contribution in [1.82, 2.24) is 0 Å². The first-order chi connectivity index (χ1) is 9.36. The molecule has 0 saturated carbocycles. The Balaban J connectivity index is 2.21. The number of hydrogen-bond donors (Lipinski definition) is 2. The van der Waals surface area contributed by atoms with Gasteiger partial charge in [0.15, 0.2) is 0 Å². The van der Waals surface area contributed by atoms with Crippen molar-refractivity contribution < 1.29 is 8.42 Å². The van der Waals surface area contributed by atoms with Crippen LogP contribution in [0.2, 0.25) is 0 Å². The molecule has 20 heavy (non-hydrogen) atoms. The number of rotatable bonds is 4. The van der Waals surface area contributed by atoms with Crippen LogP contribution < -0.4 is 10.5 Å². The molecule has 0 aliphatic carbocycles. The first-order valence-electron chi connectivity index (χ1n) is 6.32. The van der Waals surface area contributed by atoms with Gasteiger partial charge in [-0.25, -0.2) is 13.6 Å². The van der Waals surface area contributed by atoms with Crippen molar-refractivity contribution in [2.75, 3.05) is 5.32 Å². The van der Waals surface area contributed by atoms with Crippen LogP contribution in [0, 0.1) is 6.92 Å². The number of anilines is 1. The number of aryl methyl sites for hydroxylation is 1. The second kappa shape index (κ2) is 5.64. The third kappa shape index (κ3) is 3.59. The summed E-state index contributed by atoms with van der Waals surface area (Å²) >= 11 is 0. The molecule has 0 aromatic heterocycles. The number of hydrogen-bond acceptors (Lipinski definition) is 3. The van der Waals surface area contributed by atoms with Gasteiger partial charge in [0, 0.05) is 11.7 Å². The van der Waals surface area contributed by atoms with Crippen LogP contribution >= 0.6 is 0 Å². The molecule has 0 radical (unpaired) electrons. The summed E-state index contributed by atoms with van der Waals surface area (Å²) in [6.45, 7) is 4.00. The second-order valence-corrected chi connectivity index (χ2v) is 6.41. The Morgan fingerprint density at radius 3 is 2.35 bits per heavy atom. The third-order valence-electron chi connectivity index (χ3n) is 3.12. The Morgan fingerprint density at radius 2 is 1.75 bits per heavy atom. The number of benzene rings is 2. The molecule has 4 nitrogen and oxygen atoms in total. The first-order valence-corrected chi connectivity index (χ1v) is 7.87. The highest BCUT2D eigenvalue weighted by atomic mass is 32.2. The van der Waals surface area contributed by atoms with Crippen LogP contribution in [-0.4, -0.2) is 8.42 Å². The minimum Gasteiger partial charge on any atom is -0.379 e. The monoisotopic (exact) mass is 290 g/mol. The number of nitrogens with one attached hydrogen (secondary N) is 1. The lowest BCUT2D eigenvalue weighted by molar-refractivity contribution is 0.597. The highest BCUT2D eigenvalue weighted by Crippen LogP contribution is 2.21. The summed E-state index contributed by atoms with van der Waals surface area (Å²) in [7, 11) is -3.67. The predicted octanol–water partition coefficient (Wildman–Crippen LogP) is 2.82. The van der Waals surface area contributed by atoms with Crippen molar-refractivity contribution >= 4 is 15.7 Å². The summed E-state index contributed by atoms with van der Waals surface area (Å²) in [5.41, 5.74) is 3.06. The molecule has 3 N–H and O–H groups in total. The molecule has 1 unspecified atom stereocenters. The van der Waals surface area contributed by atoms with Gasteiger partial charge in [0.05, 0.1) is 4.90 Å². The zero-order valence-electron chi connectivity index (χ0n) is 11.5. The highest BCUT2D eigenvalue weighted by Gasteiger charge is 2.11. The fraction of sp³-hybridized carbons (Fsp3) is 0.200. The molecule has 2 rings (SSSR count). The Bertz CT molecular complexity index is 694. The summed E-state index contributed by atoms with van der Waals surface area (Å²) in [6, 6.07) is 14.7. The van der Waals surface area contributed by atoms with E-state index in [2.05, 4.69) is 5.32 Å². The molecule has 0 aliphatic rings. The zero-order valence-corrected chi connectivity index (χ0v) is 12.3.